The van der Waals surface area contributed by atoms with E-state index in [0.717, 1.165) is 12.1 Å². The van der Waals surface area contributed by atoms with E-state index in [2.05, 4.69) is 0 Å². The van der Waals surface area contributed by atoms with Crippen molar-refractivity contribution in [3.05, 3.63) is 29.6 Å². The van der Waals surface area contributed by atoms with Gasteiger partial charge in [0, 0.05) is 32.9 Å². The van der Waals surface area contributed by atoms with Gasteiger partial charge < -0.3 is 14.5 Å². The molecule has 4 nitrogen and oxygen atoms in total. The van der Waals surface area contributed by atoms with Gasteiger partial charge >= 0.3 is 0 Å². The fourth-order valence-electron chi connectivity index (χ4n) is 2.53. The average molecular weight is 294 g/mol. The van der Waals surface area contributed by atoms with Gasteiger partial charge in [-0.05, 0) is 38.5 Å². The molecule has 1 aliphatic heterocycles. The molecule has 5 heteroatoms. The smallest absolute Gasteiger partial charge is 0.256 e. The molecule has 1 aromatic rings. The number of nitrogens with zero attached hydrogens (tertiary/aromatic N) is 2. The molecule has 0 aromatic heterocycles. The number of ether oxygens (including phenoxy) is 1. The van der Waals surface area contributed by atoms with Gasteiger partial charge in [-0.1, -0.05) is 0 Å². The standard InChI is InChI=1S/C16H23FN2O2/c1-11(2)21-13-7-8-19(10-13)16(20)14-6-5-12(18(3)4)9-15(14)17/h5-6,9,11,13H,7-8,10H2,1-4H3/t13-/m1/s1. The molecule has 0 unspecified atom stereocenters. The lowest BCUT2D eigenvalue weighted by Gasteiger charge is -2.19. The molecule has 1 fully saturated rings. The molecular formula is C16H23FN2O2. The first-order valence-electron chi connectivity index (χ1n) is 7.30. The summed E-state index contributed by atoms with van der Waals surface area (Å²) in [6.45, 7) is 5.10. The second-order valence-electron chi connectivity index (χ2n) is 5.91. The Bertz CT molecular complexity index is 517. The van der Waals surface area contributed by atoms with Crippen molar-refractivity contribution in [2.24, 2.45) is 0 Å². The van der Waals surface area contributed by atoms with Crippen LogP contribution in [0.1, 0.15) is 30.6 Å². The van der Waals surface area contributed by atoms with Crippen LogP contribution in [-0.2, 0) is 4.74 Å². The third-order valence-electron chi connectivity index (χ3n) is 3.60. The van der Waals surface area contributed by atoms with Crippen LogP contribution in [0, 0.1) is 5.82 Å². The Balaban J connectivity index is 2.07. The summed E-state index contributed by atoms with van der Waals surface area (Å²) in [5.41, 5.74) is 0.872. The van der Waals surface area contributed by atoms with Crippen LogP contribution in [0.3, 0.4) is 0 Å². The summed E-state index contributed by atoms with van der Waals surface area (Å²) in [5.74, 6) is -0.730. The van der Waals surface area contributed by atoms with Crippen molar-refractivity contribution < 1.29 is 13.9 Å². The minimum Gasteiger partial charge on any atom is -0.378 e. The Labute approximate surface area is 125 Å². The van der Waals surface area contributed by atoms with E-state index in [-0.39, 0.29) is 23.7 Å². The van der Waals surface area contributed by atoms with Crippen LogP contribution in [0.2, 0.25) is 0 Å². The number of anilines is 1. The quantitative estimate of drug-likeness (QED) is 0.855. The summed E-state index contributed by atoms with van der Waals surface area (Å²) in [6.07, 6.45) is 1.00. The molecule has 1 amide bonds. The maximum Gasteiger partial charge on any atom is 0.256 e. The van der Waals surface area contributed by atoms with E-state index >= 15 is 0 Å². The Morgan fingerprint density at radius 2 is 2.14 bits per heavy atom. The summed E-state index contributed by atoms with van der Waals surface area (Å²) >= 11 is 0. The van der Waals surface area contributed by atoms with Crippen molar-refractivity contribution in [1.82, 2.24) is 4.90 Å². The number of hydrogen-bond acceptors (Lipinski definition) is 3. The molecule has 0 N–H and O–H groups in total. The average Bonchev–Trinajstić information content (AvgIpc) is 2.85. The number of benzene rings is 1. The SMILES string of the molecule is CC(C)O[C@@H]1CCN(C(=O)c2ccc(N(C)C)cc2F)C1. The van der Waals surface area contributed by atoms with Crippen molar-refractivity contribution in [1.29, 1.82) is 0 Å². The van der Waals surface area contributed by atoms with Gasteiger partial charge in [-0.2, -0.15) is 0 Å². The van der Waals surface area contributed by atoms with Gasteiger partial charge in [-0.25, -0.2) is 4.39 Å². The van der Waals surface area contributed by atoms with Gasteiger partial charge in [-0.15, -0.1) is 0 Å². The van der Waals surface area contributed by atoms with Gasteiger partial charge in [0.2, 0.25) is 0 Å². The third-order valence-corrected chi connectivity index (χ3v) is 3.60. The first-order valence-corrected chi connectivity index (χ1v) is 7.30. The summed E-state index contributed by atoms with van der Waals surface area (Å²) in [5, 5.41) is 0. The number of carbonyl (C=O) groups is 1. The highest BCUT2D eigenvalue weighted by molar-refractivity contribution is 5.95. The van der Waals surface area contributed by atoms with Crippen LogP contribution in [0.4, 0.5) is 10.1 Å². The van der Waals surface area contributed by atoms with Gasteiger partial charge in [0.05, 0.1) is 17.8 Å². The van der Waals surface area contributed by atoms with Crippen LogP contribution in [-0.4, -0.2) is 50.2 Å². The van der Waals surface area contributed by atoms with Crippen LogP contribution in [0.5, 0.6) is 0 Å². The zero-order valence-corrected chi connectivity index (χ0v) is 13.1. The number of likely N-dealkylation sites (tertiary alicyclic amines) is 1. The molecule has 0 bridgehead atoms. The summed E-state index contributed by atoms with van der Waals surface area (Å²) in [6, 6.07) is 4.71. The number of carbonyl (C=O) groups excluding carboxylic acids is 1. The molecule has 0 radical (unpaired) electrons. The highest BCUT2D eigenvalue weighted by atomic mass is 19.1. The fourth-order valence-corrected chi connectivity index (χ4v) is 2.53. The van der Waals surface area contributed by atoms with Crippen LogP contribution < -0.4 is 4.90 Å². The molecule has 1 aromatic carbocycles. The maximum atomic E-state index is 14.1. The van der Waals surface area contributed by atoms with Gasteiger partial charge in [-0.3, -0.25) is 4.79 Å². The van der Waals surface area contributed by atoms with Gasteiger partial charge in [0.1, 0.15) is 5.82 Å². The fraction of sp³-hybridized carbons (Fsp3) is 0.562. The van der Waals surface area contributed by atoms with Crippen LogP contribution >= 0.6 is 0 Å². The summed E-state index contributed by atoms with van der Waals surface area (Å²) in [7, 11) is 3.68. The molecule has 2 rings (SSSR count). The summed E-state index contributed by atoms with van der Waals surface area (Å²) in [4.78, 5) is 15.9. The topological polar surface area (TPSA) is 32.8 Å². The van der Waals surface area contributed by atoms with Crippen LogP contribution in [0.25, 0.3) is 0 Å². The minimum absolute atomic E-state index is 0.0538. The number of amides is 1. The number of halogens is 1. The normalized spacial score (nSPS) is 18.4. The molecule has 0 aliphatic carbocycles. The van der Waals surface area contributed by atoms with E-state index in [0.29, 0.717) is 13.1 Å². The van der Waals surface area contributed by atoms with E-state index in [9.17, 15) is 9.18 Å². The van der Waals surface area contributed by atoms with E-state index in [1.54, 1.807) is 21.9 Å². The van der Waals surface area contributed by atoms with Crippen molar-refractivity contribution in [3.8, 4) is 0 Å². The monoisotopic (exact) mass is 294 g/mol. The van der Waals surface area contributed by atoms with E-state index in [4.69, 9.17) is 4.74 Å². The highest BCUT2D eigenvalue weighted by Gasteiger charge is 2.29. The zero-order valence-electron chi connectivity index (χ0n) is 13.1. The molecular weight excluding hydrogens is 271 g/mol. The lowest BCUT2D eigenvalue weighted by molar-refractivity contribution is 0.0139. The Kier molecular flexibility index (Phi) is 4.83. The van der Waals surface area contributed by atoms with Crippen LogP contribution in [0.15, 0.2) is 18.2 Å². The predicted molar refractivity (Wildman–Crippen MR) is 81.3 cm³/mol. The van der Waals surface area contributed by atoms with Crippen molar-refractivity contribution >= 4 is 11.6 Å². The largest absolute Gasteiger partial charge is 0.378 e. The zero-order chi connectivity index (χ0) is 15.6. The molecule has 116 valence electrons. The van der Waals surface area contributed by atoms with Crippen molar-refractivity contribution in [2.45, 2.75) is 32.5 Å². The lowest BCUT2D eigenvalue weighted by Crippen LogP contribution is -2.31. The Hall–Kier alpha value is -1.62. The molecule has 21 heavy (non-hydrogen) atoms. The van der Waals surface area contributed by atoms with Crippen molar-refractivity contribution in [3.63, 3.8) is 0 Å². The first kappa shape index (κ1) is 15.8. The molecule has 1 atom stereocenters. The molecule has 0 spiro atoms. The van der Waals surface area contributed by atoms with Gasteiger partial charge in [0.15, 0.2) is 0 Å². The first-order chi connectivity index (χ1) is 9.88. The molecule has 1 heterocycles. The Morgan fingerprint density at radius 1 is 1.43 bits per heavy atom. The third kappa shape index (κ3) is 3.73. The highest BCUT2D eigenvalue weighted by Crippen LogP contribution is 2.21. The second-order valence-corrected chi connectivity index (χ2v) is 5.91. The minimum atomic E-state index is -0.473. The Morgan fingerprint density at radius 3 is 2.71 bits per heavy atom. The number of hydrogen-bond donors (Lipinski definition) is 0. The summed E-state index contributed by atoms with van der Waals surface area (Å²) < 4.78 is 19.8. The van der Waals surface area contributed by atoms with Gasteiger partial charge in [0.25, 0.3) is 5.91 Å². The van der Waals surface area contributed by atoms with E-state index in [1.807, 2.05) is 27.9 Å². The molecule has 1 aliphatic rings. The van der Waals surface area contributed by atoms with E-state index in [1.165, 1.54) is 6.07 Å². The number of rotatable bonds is 4. The van der Waals surface area contributed by atoms with Crippen molar-refractivity contribution in [2.75, 3.05) is 32.1 Å². The molecule has 0 saturated carbocycles. The van der Waals surface area contributed by atoms with E-state index < -0.39 is 5.82 Å². The molecule has 1 saturated heterocycles. The second kappa shape index (κ2) is 6.43. The maximum absolute atomic E-state index is 14.1. The lowest BCUT2D eigenvalue weighted by atomic mass is 10.1. The predicted octanol–water partition coefficient (Wildman–Crippen LogP) is 2.53.